The van der Waals surface area contributed by atoms with Gasteiger partial charge in [-0.15, -0.1) is 0 Å². The average Bonchev–Trinajstić information content (AvgIpc) is 2.90. The maximum absolute atomic E-state index is 6.07. The summed E-state index contributed by atoms with van der Waals surface area (Å²) >= 11 is 0. The van der Waals surface area contributed by atoms with Crippen LogP contribution in [-0.4, -0.2) is 41.1 Å². The summed E-state index contributed by atoms with van der Waals surface area (Å²) < 4.78 is 6.07. The number of fused-ring (bicyclic) bond motifs is 1. The van der Waals surface area contributed by atoms with Gasteiger partial charge in [0.1, 0.15) is 11.6 Å². The van der Waals surface area contributed by atoms with E-state index in [2.05, 4.69) is 34.7 Å². The summed E-state index contributed by atoms with van der Waals surface area (Å²) in [6, 6.07) is 21.1. The smallest absolute Gasteiger partial charge is 0.225 e. The number of hydrogen-bond acceptors (Lipinski definition) is 7. The number of para-hydroxylation sites is 1. The summed E-state index contributed by atoms with van der Waals surface area (Å²) in [4.78, 5) is 16.1. The summed E-state index contributed by atoms with van der Waals surface area (Å²) in [6.07, 6.45) is 6.12. The molecule has 1 aliphatic carbocycles. The molecule has 0 aliphatic heterocycles. The summed E-state index contributed by atoms with van der Waals surface area (Å²) in [5, 5.41) is 8.39. The molecule has 36 heavy (non-hydrogen) atoms. The van der Waals surface area contributed by atoms with Gasteiger partial charge in [-0.2, -0.15) is 4.98 Å². The van der Waals surface area contributed by atoms with Crippen LogP contribution >= 0.6 is 0 Å². The fraction of sp³-hybridized carbons (Fsp3) is 0.345. The van der Waals surface area contributed by atoms with Crippen LogP contribution in [0, 0.1) is 6.92 Å². The maximum atomic E-state index is 6.07. The number of anilines is 2. The Morgan fingerprint density at radius 2 is 1.64 bits per heavy atom. The van der Waals surface area contributed by atoms with Gasteiger partial charge in [-0.3, -0.25) is 0 Å². The number of aromatic nitrogens is 3. The zero-order chi connectivity index (χ0) is 24.9. The van der Waals surface area contributed by atoms with Crippen molar-refractivity contribution in [3.05, 3.63) is 78.0 Å². The quantitative estimate of drug-likeness (QED) is 0.333. The van der Waals surface area contributed by atoms with Crippen molar-refractivity contribution in [2.75, 3.05) is 24.3 Å². The van der Waals surface area contributed by atoms with E-state index in [4.69, 9.17) is 14.7 Å². The first kappa shape index (κ1) is 24.0. The first-order valence-electron chi connectivity index (χ1n) is 12.7. The second-order valence-electron chi connectivity index (χ2n) is 9.74. The summed E-state index contributed by atoms with van der Waals surface area (Å²) in [7, 11) is 4.05. The molecule has 0 saturated heterocycles. The lowest BCUT2D eigenvalue weighted by Crippen LogP contribution is -2.37. The van der Waals surface area contributed by atoms with Crippen LogP contribution in [0.3, 0.4) is 0 Å². The number of pyridine rings is 1. The van der Waals surface area contributed by atoms with Gasteiger partial charge in [0, 0.05) is 49.9 Å². The first-order valence-corrected chi connectivity index (χ1v) is 12.7. The third kappa shape index (κ3) is 5.74. The highest BCUT2D eigenvalue weighted by Crippen LogP contribution is 2.27. The first-order chi connectivity index (χ1) is 17.5. The van der Waals surface area contributed by atoms with Crippen molar-refractivity contribution < 1.29 is 4.74 Å². The van der Waals surface area contributed by atoms with Gasteiger partial charge >= 0.3 is 0 Å². The van der Waals surface area contributed by atoms with Gasteiger partial charge in [0.15, 0.2) is 0 Å². The maximum Gasteiger partial charge on any atom is 0.225 e. The number of rotatable bonds is 8. The van der Waals surface area contributed by atoms with Crippen molar-refractivity contribution in [1.82, 2.24) is 20.3 Å². The molecule has 0 bridgehead atoms. The number of benzene rings is 2. The number of nitrogens with zero attached hydrogens (tertiary/aromatic N) is 4. The van der Waals surface area contributed by atoms with E-state index in [0.717, 1.165) is 60.3 Å². The van der Waals surface area contributed by atoms with Crippen molar-refractivity contribution in [3.63, 3.8) is 0 Å². The van der Waals surface area contributed by atoms with E-state index in [9.17, 15) is 0 Å². The third-order valence-electron chi connectivity index (χ3n) is 6.73. The van der Waals surface area contributed by atoms with Crippen LogP contribution in [0.1, 0.15) is 36.8 Å². The predicted octanol–water partition coefficient (Wildman–Crippen LogP) is 5.70. The Morgan fingerprint density at radius 3 is 2.42 bits per heavy atom. The number of nitrogens with one attached hydrogen (secondary N) is 2. The highest BCUT2D eigenvalue weighted by molar-refractivity contribution is 5.90. The highest BCUT2D eigenvalue weighted by Gasteiger charge is 2.22. The lowest BCUT2D eigenvalue weighted by atomic mass is 9.91. The van der Waals surface area contributed by atoms with Gasteiger partial charge in [-0.1, -0.05) is 35.9 Å². The molecule has 1 fully saturated rings. The van der Waals surface area contributed by atoms with Crippen molar-refractivity contribution in [2.45, 2.75) is 51.2 Å². The van der Waals surface area contributed by atoms with Gasteiger partial charge in [-0.05, 0) is 62.9 Å². The average molecular weight is 483 g/mol. The standard InChI is InChI=1S/C29H34N6O/c1-20-10-16-24(17-11-20)36-28-21(7-6-18-30-28)19-31-22-12-14-23(15-13-22)32-29-33-26-9-5-4-8-25(26)27(34-29)35(2)3/h4-11,16-18,22-23,31H,12-15,19H2,1-3H3,(H,32,33,34)/t22-,23+. The van der Waals surface area contributed by atoms with Crippen LogP contribution in [0.15, 0.2) is 66.9 Å². The second kappa shape index (κ2) is 10.9. The minimum absolute atomic E-state index is 0.373. The highest BCUT2D eigenvalue weighted by atomic mass is 16.5. The molecule has 2 aromatic carbocycles. The van der Waals surface area contributed by atoms with E-state index in [0.29, 0.717) is 23.9 Å². The molecular formula is C29H34N6O. The number of hydrogen-bond donors (Lipinski definition) is 2. The Balaban J connectivity index is 1.16. The van der Waals surface area contributed by atoms with E-state index in [1.54, 1.807) is 6.20 Å². The van der Waals surface area contributed by atoms with Crippen molar-refractivity contribution in [3.8, 4) is 11.6 Å². The largest absolute Gasteiger partial charge is 0.439 e. The third-order valence-corrected chi connectivity index (χ3v) is 6.73. The molecule has 2 heterocycles. The molecule has 0 spiro atoms. The van der Waals surface area contributed by atoms with Crippen LogP contribution in [0.25, 0.3) is 10.9 Å². The number of aryl methyl sites for hydroxylation is 1. The van der Waals surface area contributed by atoms with Gasteiger partial charge in [0.25, 0.3) is 0 Å². The van der Waals surface area contributed by atoms with E-state index in [-0.39, 0.29) is 0 Å². The zero-order valence-electron chi connectivity index (χ0n) is 21.2. The van der Waals surface area contributed by atoms with E-state index in [1.807, 2.05) is 67.5 Å². The molecule has 4 aromatic rings. The monoisotopic (exact) mass is 482 g/mol. The lowest BCUT2D eigenvalue weighted by molar-refractivity contribution is 0.349. The molecular weight excluding hydrogens is 448 g/mol. The second-order valence-corrected chi connectivity index (χ2v) is 9.74. The molecule has 0 radical (unpaired) electrons. The summed E-state index contributed by atoms with van der Waals surface area (Å²) in [5.74, 6) is 3.12. The fourth-order valence-corrected chi connectivity index (χ4v) is 4.71. The molecule has 0 amide bonds. The Bertz CT molecular complexity index is 1300. The molecule has 7 heteroatoms. The van der Waals surface area contributed by atoms with Gasteiger partial charge in [-0.25, -0.2) is 9.97 Å². The van der Waals surface area contributed by atoms with Crippen LogP contribution in [0.2, 0.25) is 0 Å². The van der Waals surface area contributed by atoms with Crippen LogP contribution < -0.4 is 20.3 Å². The number of ether oxygens (including phenoxy) is 1. The molecule has 7 nitrogen and oxygen atoms in total. The molecule has 1 aliphatic rings. The molecule has 1 saturated carbocycles. The van der Waals surface area contributed by atoms with Crippen LogP contribution in [-0.2, 0) is 6.54 Å². The van der Waals surface area contributed by atoms with Gasteiger partial charge in [0.05, 0.1) is 5.52 Å². The molecule has 5 rings (SSSR count). The molecule has 2 aromatic heterocycles. The Labute approximate surface area is 213 Å². The minimum atomic E-state index is 0.373. The zero-order valence-corrected chi connectivity index (χ0v) is 21.2. The Hall–Kier alpha value is -3.71. The van der Waals surface area contributed by atoms with E-state index >= 15 is 0 Å². The topological polar surface area (TPSA) is 75.2 Å². The molecule has 0 atom stereocenters. The SMILES string of the molecule is Cc1ccc(Oc2ncccc2CN[C@H]2CC[C@@H](Nc3nc(N(C)C)c4ccccc4n3)CC2)cc1. The predicted molar refractivity (Wildman–Crippen MR) is 146 cm³/mol. The summed E-state index contributed by atoms with van der Waals surface area (Å²) in [6.45, 7) is 2.80. The normalized spacial score (nSPS) is 17.6. The summed E-state index contributed by atoms with van der Waals surface area (Å²) in [5.41, 5.74) is 3.24. The van der Waals surface area contributed by atoms with Crippen LogP contribution in [0.5, 0.6) is 11.6 Å². The van der Waals surface area contributed by atoms with E-state index < -0.39 is 0 Å². The molecule has 2 N–H and O–H groups in total. The van der Waals surface area contributed by atoms with Crippen LogP contribution in [0.4, 0.5) is 11.8 Å². The fourth-order valence-electron chi connectivity index (χ4n) is 4.71. The van der Waals surface area contributed by atoms with Gasteiger partial charge in [0.2, 0.25) is 11.8 Å². The molecule has 0 unspecified atom stereocenters. The lowest BCUT2D eigenvalue weighted by Gasteiger charge is -2.30. The van der Waals surface area contributed by atoms with Gasteiger partial charge < -0.3 is 20.3 Å². The van der Waals surface area contributed by atoms with Crippen molar-refractivity contribution in [1.29, 1.82) is 0 Å². The van der Waals surface area contributed by atoms with E-state index in [1.165, 1.54) is 5.56 Å². The van der Waals surface area contributed by atoms with Crippen molar-refractivity contribution in [2.24, 2.45) is 0 Å². The molecule has 186 valence electrons. The Morgan fingerprint density at radius 1 is 0.889 bits per heavy atom. The Kier molecular flexibility index (Phi) is 7.28. The minimum Gasteiger partial charge on any atom is -0.439 e. The van der Waals surface area contributed by atoms with Crippen molar-refractivity contribution >= 4 is 22.7 Å².